The van der Waals surface area contributed by atoms with E-state index in [0.29, 0.717) is 16.8 Å². The third kappa shape index (κ3) is 3.74. The van der Waals surface area contributed by atoms with Gasteiger partial charge in [-0.3, -0.25) is 4.68 Å². The van der Waals surface area contributed by atoms with Gasteiger partial charge in [-0.25, -0.2) is 4.98 Å². The zero-order chi connectivity index (χ0) is 17.8. The number of hydrogen-bond acceptors (Lipinski definition) is 7. The molecular weight excluding hydrogens is 342 g/mol. The second-order valence-corrected chi connectivity index (χ2v) is 5.55. The highest BCUT2D eigenvalue weighted by Crippen LogP contribution is 2.31. The number of nitrogens with zero attached hydrogens (tertiary/aromatic N) is 4. The molecule has 0 saturated heterocycles. The summed E-state index contributed by atoms with van der Waals surface area (Å²) in [6.07, 6.45) is 3.23. The summed E-state index contributed by atoms with van der Waals surface area (Å²) in [5.74, 6) is 2.42. The summed E-state index contributed by atoms with van der Waals surface area (Å²) in [6, 6.07) is 7.45. The number of aromatic nitrogens is 4. The summed E-state index contributed by atoms with van der Waals surface area (Å²) in [4.78, 5) is 8.63. The van der Waals surface area contributed by atoms with E-state index in [4.69, 9.17) is 16.3 Å². The van der Waals surface area contributed by atoms with Crippen molar-refractivity contribution in [3.8, 4) is 5.75 Å². The van der Waals surface area contributed by atoms with Crippen LogP contribution in [0.15, 0.2) is 36.7 Å². The molecule has 2 aromatic heterocycles. The molecule has 3 rings (SSSR count). The molecule has 1 aromatic carbocycles. The van der Waals surface area contributed by atoms with Crippen LogP contribution in [0.2, 0.25) is 5.02 Å². The van der Waals surface area contributed by atoms with Gasteiger partial charge in [0.25, 0.3) is 0 Å². The molecule has 0 bridgehead atoms. The maximum atomic E-state index is 6.24. The van der Waals surface area contributed by atoms with Crippen LogP contribution >= 0.6 is 11.6 Å². The standard InChI is InChI=1S/C16H18ClN7O/c1-18-13-8-10(25-3)4-5-12(13)21-15-11(17)9-19-16(23-15)22-14-6-7-20-24(14)2/h4-9,18H,1-3H3,(H2,19,21,22,23). The first-order valence-electron chi connectivity index (χ1n) is 7.51. The number of hydrogen-bond donors (Lipinski definition) is 3. The fraction of sp³-hybridized carbons (Fsp3) is 0.188. The number of methoxy groups -OCH3 is 1. The molecule has 0 aliphatic rings. The fourth-order valence-electron chi connectivity index (χ4n) is 2.22. The molecule has 0 atom stereocenters. The van der Waals surface area contributed by atoms with Gasteiger partial charge in [-0.1, -0.05) is 11.6 Å². The Bertz CT molecular complexity index is 881. The summed E-state index contributed by atoms with van der Waals surface area (Å²) >= 11 is 6.24. The molecule has 0 unspecified atom stereocenters. The highest BCUT2D eigenvalue weighted by Gasteiger charge is 2.10. The lowest BCUT2D eigenvalue weighted by atomic mass is 10.2. The van der Waals surface area contributed by atoms with Crippen LogP contribution in [0.25, 0.3) is 0 Å². The highest BCUT2D eigenvalue weighted by atomic mass is 35.5. The number of ether oxygens (including phenoxy) is 1. The van der Waals surface area contributed by atoms with Gasteiger partial charge in [0.1, 0.15) is 16.6 Å². The van der Waals surface area contributed by atoms with Crippen molar-refractivity contribution in [1.29, 1.82) is 0 Å². The number of anilines is 5. The molecule has 3 aromatic rings. The second-order valence-electron chi connectivity index (χ2n) is 5.14. The zero-order valence-corrected chi connectivity index (χ0v) is 14.8. The quantitative estimate of drug-likeness (QED) is 0.621. The average Bonchev–Trinajstić information content (AvgIpc) is 3.03. The van der Waals surface area contributed by atoms with Crippen molar-refractivity contribution in [1.82, 2.24) is 19.7 Å². The van der Waals surface area contributed by atoms with Crippen LogP contribution in [0.5, 0.6) is 5.75 Å². The van der Waals surface area contributed by atoms with Crippen molar-refractivity contribution >= 4 is 40.6 Å². The smallest absolute Gasteiger partial charge is 0.230 e. The number of benzene rings is 1. The Morgan fingerprint density at radius 3 is 2.68 bits per heavy atom. The minimum Gasteiger partial charge on any atom is -0.497 e. The lowest BCUT2D eigenvalue weighted by Crippen LogP contribution is -2.05. The fourth-order valence-corrected chi connectivity index (χ4v) is 2.36. The van der Waals surface area contributed by atoms with E-state index in [0.717, 1.165) is 22.9 Å². The van der Waals surface area contributed by atoms with E-state index in [1.165, 1.54) is 6.20 Å². The van der Waals surface area contributed by atoms with E-state index in [1.54, 1.807) is 18.0 Å². The average molecular weight is 360 g/mol. The number of rotatable bonds is 6. The molecule has 0 amide bonds. The third-order valence-corrected chi connectivity index (χ3v) is 3.83. The predicted molar refractivity (Wildman–Crippen MR) is 99.4 cm³/mol. The number of nitrogens with one attached hydrogen (secondary N) is 3. The topological polar surface area (TPSA) is 88.9 Å². The van der Waals surface area contributed by atoms with E-state index in [2.05, 4.69) is 31.0 Å². The lowest BCUT2D eigenvalue weighted by molar-refractivity contribution is 0.415. The van der Waals surface area contributed by atoms with Gasteiger partial charge in [0.05, 0.1) is 30.9 Å². The normalized spacial score (nSPS) is 10.4. The Balaban J connectivity index is 1.87. The first-order chi connectivity index (χ1) is 12.1. The monoisotopic (exact) mass is 359 g/mol. The van der Waals surface area contributed by atoms with Gasteiger partial charge in [-0.15, -0.1) is 0 Å². The SMILES string of the molecule is CNc1cc(OC)ccc1Nc1nc(Nc2ccnn2C)ncc1Cl. The molecule has 0 radical (unpaired) electrons. The minimum atomic E-state index is 0.411. The van der Waals surface area contributed by atoms with Crippen LogP contribution in [-0.2, 0) is 7.05 Å². The Kier molecular flexibility index (Phi) is 4.90. The largest absolute Gasteiger partial charge is 0.497 e. The minimum absolute atomic E-state index is 0.411. The van der Waals surface area contributed by atoms with Crippen molar-refractivity contribution in [3.63, 3.8) is 0 Å². The summed E-state index contributed by atoms with van der Waals surface area (Å²) in [5, 5.41) is 13.9. The summed E-state index contributed by atoms with van der Waals surface area (Å²) in [5.41, 5.74) is 1.67. The van der Waals surface area contributed by atoms with Gasteiger partial charge in [-0.05, 0) is 12.1 Å². The molecule has 0 saturated carbocycles. The van der Waals surface area contributed by atoms with Crippen molar-refractivity contribution in [2.45, 2.75) is 0 Å². The molecule has 8 nitrogen and oxygen atoms in total. The first-order valence-corrected chi connectivity index (χ1v) is 7.89. The maximum Gasteiger partial charge on any atom is 0.230 e. The molecule has 0 fully saturated rings. The lowest BCUT2D eigenvalue weighted by Gasteiger charge is -2.14. The first kappa shape index (κ1) is 16.8. The molecule has 3 N–H and O–H groups in total. The van der Waals surface area contributed by atoms with Gasteiger partial charge >= 0.3 is 0 Å². The van der Waals surface area contributed by atoms with Crippen molar-refractivity contribution in [3.05, 3.63) is 41.7 Å². The van der Waals surface area contributed by atoms with E-state index in [-0.39, 0.29) is 0 Å². The Morgan fingerprint density at radius 2 is 2.00 bits per heavy atom. The third-order valence-electron chi connectivity index (χ3n) is 3.55. The molecule has 0 aliphatic heterocycles. The molecule has 0 aliphatic carbocycles. The van der Waals surface area contributed by atoms with E-state index >= 15 is 0 Å². The molecule has 2 heterocycles. The summed E-state index contributed by atoms with van der Waals surface area (Å²) < 4.78 is 6.93. The molecular formula is C16H18ClN7O. The van der Waals surface area contributed by atoms with Gasteiger partial charge in [0, 0.05) is 26.2 Å². The van der Waals surface area contributed by atoms with Crippen LogP contribution in [0.1, 0.15) is 0 Å². The molecule has 130 valence electrons. The van der Waals surface area contributed by atoms with E-state index < -0.39 is 0 Å². The second kappa shape index (κ2) is 7.27. The Morgan fingerprint density at radius 1 is 1.16 bits per heavy atom. The van der Waals surface area contributed by atoms with Crippen molar-refractivity contribution in [2.24, 2.45) is 7.05 Å². The van der Waals surface area contributed by atoms with Gasteiger partial charge < -0.3 is 20.7 Å². The maximum absolute atomic E-state index is 6.24. The summed E-state index contributed by atoms with van der Waals surface area (Å²) in [6.45, 7) is 0. The Hall–Kier alpha value is -3.00. The molecule has 25 heavy (non-hydrogen) atoms. The van der Waals surface area contributed by atoms with Crippen LogP contribution in [0.4, 0.5) is 29.0 Å². The highest BCUT2D eigenvalue weighted by molar-refractivity contribution is 6.33. The van der Waals surface area contributed by atoms with Crippen molar-refractivity contribution in [2.75, 3.05) is 30.1 Å². The zero-order valence-electron chi connectivity index (χ0n) is 14.0. The van der Waals surface area contributed by atoms with Crippen LogP contribution in [0, 0.1) is 0 Å². The van der Waals surface area contributed by atoms with Gasteiger partial charge in [0.2, 0.25) is 5.95 Å². The predicted octanol–water partition coefficient (Wildman–Crippen LogP) is 3.40. The Labute approximate surface area is 150 Å². The van der Waals surface area contributed by atoms with Crippen LogP contribution in [0.3, 0.4) is 0 Å². The molecule has 0 spiro atoms. The molecule has 9 heteroatoms. The van der Waals surface area contributed by atoms with Gasteiger partial charge in [0.15, 0.2) is 5.82 Å². The number of halogens is 1. The number of aryl methyl sites for hydroxylation is 1. The van der Waals surface area contributed by atoms with Gasteiger partial charge in [-0.2, -0.15) is 10.1 Å². The van der Waals surface area contributed by atoms with Crippen LogP contribution in [-0.4, -0.2) is 33.9 Å². The van der Waals surface area contributed by atoms with Crippen molar-refractivity contribution < 1.29 is 4.74 Å². The van der Waals surface area contributed by atoms with E-state index in [1.807, 2.05) is 38.4 Å². The van der Waals surface area contributed by atoms with Crippen LogP contribution < -0.4 is 20.7 Å². The summed E-state index contributed by atoms with van der Waals surface area (Å²) in [7, 11) is 5.28. The van der Waals surface area contributed by atoms with E-state index in [9.17, 15) is 0 Å².